The third-order valence-electron chi connectivity index (χ3n) is 2.44. The van der Waals surface area contributed by atoms with Gasteiger partial charge in [-0.25, -0.2) is 4.79 Å². The van der Waals surface area contributed by atoms with Gasteiger partial charge in [-0.15, -0.1) is 0 Å². The second kappa shape index (κ2) is 6.14. The minimum absolute atomic E-state index is 0.0647. The number of para-hydroxylation sites is 1. The summed E-state index contributed by atoms with van der Waals surface area (Å²) in [5, 5.41) is 19.0. The normalized spacial score (nSPS) is 19.3. The Morgan fingerprint density at radius 3 is 2.53 bits per heavy atom. The maximum absolute atomic E-state index is 9.49. The summed E-state index contributed by atoms with van der Waals surface area (Å²) in [5.74, 6) is -0.166. The van der Waals surface area contributed by atoms with E-state index in [4.69, 9.17) is 19.3 Å². The summed E-state index contributed by atoms with van der Waals surface area (Å²) >= 11 is 0. The Balaban J connectivity index is 0.000000312. The third-order valence-corrected chi connectivity index (χ3v) is 2.44. The second-order valence-electron chi connectivity index (χ2n) is 3.60. The van der Waals surface area contributed by atoms with Crippen LogP contribution in [0.15, 0.2) is 18.2 Å². The summed E-state index contributed by atoms with van der Waals surface area (Å²) in [7, 11) is 2.86. The quantitative estimate of drug-likeness (QED) is 0.758. The van der Waals surface area contributed by atoms with E-state index in [1.165, 1.54) is 14.2 Å². The van der Waals surface area contributed by atoms with Gasteiger partial charge in [0.25, 0.3) is 0 Å². The van der Waals surface area contributed by atoms with Crippen molar-refractivity contribution in [3.05, 3.63) is 18.2 Å². The first-order valence-electron chi connectivity index (χ1n) is 5.63. The molecular formula is C12H17NO6. The Morgan fingerprint density at radius 2 is 2.11 bits per heavy atom. The van der Waals surface area contributed by atoms with Crippen molar-refractivity contribution in [3.63, 3.8) is 0 Å². The largest absolute Gasteiger partial charge is 0.504 e. The van der Waals surface area contributed by atoms with Crippen LogP contribution >= 0.6 is 0 Å². The van der Waals surface area contributed by atoms with Crippen LogP contribution in [0.2, 0.25) is 0 Å². The molecule has 0 spiro atoms. The molecule has 7 heteroatoms. The molecule has 0 aromatic heterocycles. The minimum atomic E-state index is -1.08. The van der Waals surface area contributed by atoms with Crippen molar-refractivity contribution in [1.29, 1.82) is 0 Å². The summed E-state index contributed by atoms with van der Waals surface area (Å²) in [6, 6.07) is 4.97. The number of methoxy groups -OCH3 is 1. The number of phenols is 1. The molecule has 0 aliphatic carbocycles. The van der Waals surface area contributed by atoms with E-state index in [9.17, 15) is 9.90 Å². The SMILES string of the molecule is CCC1(OC)Oc2cccc(O)c2O1.CNC(=O)O. The van der Waals surface area contributed by atoms with Gasteiger partial charge < -0.3 is 29.7 Å². The molecule has 0 fully saturated rings. The first kappa shape index (κ1) is 14.9. The topological polar surface area (TPSA) is 97.3 Å². The summed E-state index contributed by atoms with van der Waals surface area (Å²) in [5.41, 5.74) is 0. The molecule has 1 aliphatic heterocycles. The van der Waals surface area contributed by atoms with Crippen LogP contribution in [-0.4, -0.2) is 36.4 Å². The zero-order valence-electron chi connectivity index (χ0n) is 11.0. The number of ether oxygens (including phenoxy) is 3. The van der Waals surface area contributed by atoms with E-state index in [1.54, 1.807) is 18.2 Å². The predicted octanol–water partition coefficient (Wildman–Crippen LogP) is 1.76. The van der Waals surface area contributed by atoms with E-state index in [0.29, 0.717) is 17.9 Å². The highest BCUT2D eigenvalue weighted by Gasteiger charge is 2.41. The zero-order valence-corrected chi connectivity index (χ0v) is 11.0. The fourth-order valence-electron chi connectivity index (χ4n) is 1.40. The van der Waals surface area contributed by atoms with E-state index in [1.807, 2.05) is 12.2 Å². The van der Waals surface area contributed by atoms with Gasteiger partial charge in [0.1, 0.15) is 0 Å². The van der Waals surface area contributed by atoms with E-state index in [-0.39, 0.29) is 5.75 Å². The Bertz CT molecular complexity index is 444. The summed E-state index contributed by atoms with van der Waals surface area (Å²) < 4.78 is 16.0. The molecule has 1 aromatic rings. The van der Waals surface area contributed by atoms with Gasteiger partial charge in [-0.2, -0.15) is 0 Å². The van der Waals surface area contributed by atoms with Gasteiger partial charge in [0.05, 0.1) is 6.42 Å². The van der Waals surface area contributed by atoms with Gasteiger partial charge in [0.15, 0.2) is 11.5 Å². The number of carbonyl (C=O) groups is 1. The Labute approximate surface area is 110 Å². The minimum Gasteiger partial charge on any atom is -0.504 e. The number of aromatic hydroxyl groups is 1. The molecule has 1 unspecified atom stereocenters. The van der Waals surface area contributed by atoms with Gasteiger partial charge >= 0.3 is 12.1 Å². The lowest BCUT2D eigenvalue weighted by molar-refractivity contribution is -0.269. The van der Waals surface area contributed by atoms with Gasteiger partial charge in [-0.1, -0.05) is 13.0 Å². The molecule has 2 rings (SSSR count). The molecular weight excluding hydrogens is 254 g/mol. The molecule has 106 valence electrons. The van der Waals surface area contributed by atoms with Gasteiger partial charge in [-0.05, 0) is 12.1 Å². The lowest BCUT2D eigenvalue weighted by atomic mass is 10.3. The highest BCUT2D eigenvalue weighted by molar-refractivity contribution is 5.63. The van der Waals surface area contributed by atoms with Crippen LogP contribution in [0.1, 0.15) is 13.3 Å². The maximum atomic E-state index is 9.49. The first-order valence-corrected chi connectivity index (χ1v) is 5.63. The molecule has 19 heavy (non-hydrogen) atoms. The molecule has 0 saturated heterocycles. The summed E-state index contributed by atoms with van der Waals surface area (Å²) in [6.45, 7) is 1.88. The van der Waals surface area contributed by atoms with Crippen molar-refractivity contribution < 1.29 is 29.2 Å². The Kier molecular flexibility index (Phi) is 4.82. The molecule has 0 radical (unpaired) electrons. The van der Waals surface area contributed by atoms with Gasteiger partial charge in [0, 0.05) is 14.2 Å². The van der Waals surface area contributed by atoms with Crippen LogP contribution in [-0.2, 0) is 4.74 Å². The molecule has 0 saturated carbocycles. The highest BCUT2D eigenvalue weighted by Crippen LogP contribution is 2.46. The fourth-order valence-corrected chi connectivity index (χ4v) is 1.40. The number of amides is 1. The molecule has 1 amide bonds. The molecule has 1 aromatic carbocycles. The summed E-state index contributed by atoms with van der Waals surface area (Å²) in [6.07, 6.45) is -0.456. The fraction of sp³-hybridized carbons (Fsp3) is 0.417. The van der Waals surface area contributed by atoms with E-state index < -0.39 is 12.1 Å². The average Bonchev–Trinajstić information content (AvgIpc) is 2.80. The van der Waals surface area contributed by atoms with E-state index >= 15 is 0 Å². The van der Waals surface area contributed by atoms with Crippen LogP contribution in [0.25, 0.3) is 0 Å². The van der Waals surface area contributed by atoms with Crippen molar-refractivity contribution in [1.82, 2.24) is 5.32 Å². The van der Waals surface area contributed by atoms with Crippen molar-refractivity contribution in [2.45, 2.75) is 19.3 Å². The van der Waals surface area contributed by atoms with Gasteiger partial charge in [0.2, 0.25) is 5.75 Å². The van der Waals surface area contributed by atoms with Crippen LogP contribution in [0.4, 0.5) is 4.79 Å². The Hall–Kier alpha value is -2.15. The number of fused-ring (bicyclic) bond motifs is 1. The van der Waals surface area contributed by atoms with E-state index in [0.717, 1.165) is 0 Å². The number of phenolic OH excluding ortho intramolecular Hbond substituents is 1. The van der Waals surface area contributed by atoms with Crippen LogP contribution in [0.5, 0.6) is 17.2 Å². The lowest BCUT2D eigenvalue weighted by Gasteiger charge is -2.23. The monoisotopic (exact) mass is 271 g/mol. The van der Waals surface area contributed by atoms with Crippen molar-refractivity contribution in [2.24, 2.45) is 0 Å². The van der Waals surface area contributed by atoms with Crippen LogP contribution in [0, 0.1) is 0 Å². The smallest absolute Gasteiger partial charge is 0.404 e. The average molecular weight is 271 g/mol. The number of rotatable bonds is 2. The molecule has 1 aliphatic rings. The molecule has 1 heterocycles. The highest BCUT2D eigenvalue weighted by atomic mass is 16.9. The summed E-state index contributed by atoms with van der Waals surface area (Å²) in [4.78, 5) is 9.26. The van der Waals surface area contributed by atoms with Crippen LogP contribution < -0.4 is 14.8 Å². The van der Waals surface area contributed by atoms with Crippen molar-refractivity contribution in [3.8, 4) is 17.2 Å². The van der Waals surface area contributed by atoms with Crippen molar-refractivity contribution >= 4 is 6.09 Å². The molecule has 1 atom stereocenters. The Morgan fingerprint density at radius 1 is 1.47 bits per heavy atom. The molecule has 0 bridgehead atoms. The number of hydrogen-bond acceptors (Lipinski definition) is 5. The number of carboxylic acid groups (broad SMARTS) is 1. The predicted molar refractivity (Wildman–Crippen MR) is 66.5 cm³/mol. The zero-order chi connectivity index (χ0) is 14.5. The number of benzene rings is 1. The standard InChI is InChI=1S/C10H12O4.C2H5NO2/c1-3-10(12-2)13-8-6-4-5-7(11)9(8)14-10;1-3-2(4)5/h4-6,11H,3H2,1-2H3;3H,1H3,(H,4,5). The third kappa shape index (κ3) is 3.41. The number of nitrogens with one attached hydrogen (secondary N) is 1. The molecule has 3 N–H and O–H groups in total. The van der Waals surface area contributed by atoms with E-state index in [2.05, 4.69) is 0 Å². The molecule has 7 nitrogen and oxygen atoms in total. The lowest BCUT2D eigenvalue weighted by Crippen LogP contribution is -2.39. The van der Waals surface area contributed by atoms with Gasteiger partial charge in [-0.3, -0.25) is 0 Å². The maximum Gasteiger partial charge on any atom is 0.404 e. The van der Waals surface area contributed by atoms with Crippen LogP contribution in [0.3, 0.4) is 0 Å². The number of hydrogen-bond donors (Lipinski definition) is 3. The first-order chi connectivity index (χ1) is 8.98. The second-order valence-corrected chi connectivity index (χ2v) is 3.60. The van der Waals surface area contributed by atoms with Crippen molar-refractivity contribution in [2.75, 3.05) is 14.2 Å².